The number of aromatic nitrogens is 2. The molecule has 0 unspecified atom stereocenters. The molecule has 0 N–H and O–H groups in total. The van der Waals surface area contributed by atoms with Crippen molar-refractivity contribution in [2.75, 3.05) is 7.11 Å². The van der Waals surface area contributed by atoms with Crippen LogP contribution in [0.4, 0.5) is 0 Å². The van der Waals surface area contributed by atoms with Gasteiger partial charge in [0.15, 0.2) is 0 Å². The molecule has 0 spiro atoms. The third-order valence-electron chi connectivity index (χ3n) is 4.27. The lowest BCUT2D eigenvalue weighted by Gasteiger charge is -2.25. The minimum Gasteiger partial charge on any atom is -0.497 e. The first-order valence-corrected chi connectivity index (χ1v) is 8.82. The standard InChI is InChI=1S/C21H23N3O3/c1-14(2)24(21(25)16-8-10-18(26-4)11-9-16)13-19-22-20(23-27-19)17-7-5-6-15(3)12-17/h5-12,14H,13H2,1-4H3. The minimum absolute atomic E-state index is 0.0195. The molecule has 0 fully saturated rings. The minimum atomic E-state index is -0.0945. The highest BCUT2D eigenvalue weighted by molar-refractivity contribution is 5.94. The van der Waals surface area contributed by atoms with E-state index in [-0.39, 0.29) is 18.5 Å². The van der Waals surface area contributed by atoms with Crippen LogP contribution in [-0.4, -0.2) is 34.1 Å². The number of methoxy groups -OCH3 is 1. The fraction of sp³-hybridized carbons (Fsp3) is 0.286. The van der Waals surface area contributed by atoms with Crippen molar-refractivity contribution in [3.05, 3.63) is 65.5 Å². The zero-order valence-electron chi connectivity index (χ0n) is 16.0. The molecule has 6 heteroatoms. The van der Waals surface area contributed by atoms with Crippen molar-refractivity contribution >= 4 is 5.91 Å². The van der Waals surface area contributed by atoms with Gasteiger partial charge in [-0.3, -0.25) is 4.79 Å². The smallest absolute Gasteiger partial charge is 0.254 e. The summed E-state index contributed by atoms with van der Waals surface area (Å²) >= 11 is 0. The Bertz CT molecular complexity index is 916. The molecule has 0 radical (unpaired) electrons. The van der Waals surface area contributed by atoms with E-state index in [0.717, 1.165) is 11.1 Å². The number of ether oxygens (including phenoxy) is 1. The zero-order chi connectivity index (χ0) is 19.4. The highest BCUT2D eigenvalue weighted by atomic mass is 16.5. The second-order valence-electron chi connectivity index (χ2n) is 6.64. The molecule has 0 aliphatic heterocycles. The van der Waals surface area contributed by atoms with E-state index < -0.39 is 0 Å². The van der Waals surface area contributed by atoms with Crippen molar-refractivity contribution in [2.24, 2.45) is 0 Å². The molecule has 2 aromatic carbocycles. The average Bonchev–Trinajstić information content (AvgIpc) is 3.14. The van der Waals surface area contributed by atoms with Crippen LogP contribution in [0.25, 0.3) is 11.4 Å². The van der Waals surface area contributed by atoms with Crippen molar-refractivity contribution in [1.29, 1.82) is 0 Å². The van der Waals surface area contributed by atoms with E-state index in [2.05, 4.69) is 10.1 Å². The second kappa shape index (κ2) is 8.03. The number of hydrogen-bond acceptors (Lipinski definition) is 5. The van der Waals surface area contributed by atoms with Crippen LogP contribution in [0.1, 0.15) is 35.7 Å². The monoisotopic (exact) mass is 365 g/mol. The Kier molecular flexibility index (Phi) is 5.54. The highest BCUT2D eigenvalue weighted by Gasteiger charge is 2.22. The van der Waals surface area contributed by atoms with Gasteiger partial charge in [0, 0.05) is 17.2 Å². The normalized spacial score (nSPS) is 10.9. The lowest BCUT2D eigenvalue weighted by atomic mass is 10.1. The average molecular weight is 365 g/mol. The molecule has 3 rings (SSSR count). The third-order valence-corrected chi connectivity index (χ3v) is 4.27. The molecule has 140 valence electrons. The van der Waals surface area contributed by atoms with Crippen LogP contribution in [0.5, 0.6) is 5.75 Å². The summed E-state index contributed by atoms with van der Waals surface area (Å²) in [6, 6.07) is 14.9. The van der Waals surface area contributed by atoms with Crippen LogP contribution in [0.15, 0.2) is 53.1 Å². The highest BCUT2D eigenvalue weighted by Crippen LogP contribution is 2.20. The Morgan fingerprint density at radius 2 is 1.93 bits per heavy atom. The number of carbonyl (C=O) groups excluding carboxylic acids is 1. The molecular weight excluding hydrogens is 342 g/mol. The Balaban J connectivity index is 1.79. The maximum atomic E-state index is 12.9. The maximum Gasteiger partial charge on any atom is 0.254 e. The molecule has 0 saturated carbocycles. The predicted octanol–water partition coefficient (Wildman–Crippen LogP) is 4.10. The number of aryl methyl sites for hydroxylation is 1. The second-order valence-corrected chi connectivity index (χ2v) is 6.64. The SMILES string of the molecule is COc1ccc(C(=O)N(Cc2nc(-c3cccc(C)c3)no2)C(C)C)cc1. The number of hydrogen-bond donors (Lipinski definition) is 0. The van der Waals surface area contributed by atoms with Gasteiger partial charge in [-0.15, -0.1) is 0 Å². The summed E-state index contributed by atoms with van der Waals surface area (Å²) in [6.45, 7) is 6.18. The first-order valence-electron chi connectivity index (χ1n) is 8.82. The molecule has 0 aliphatic carbocycles. The molecule has 0 bridgehead atoms. The first-order chi connectivity index (χ1) is 13.0. The molecule has 27 heavy (non-hydrogen) atoms. The van der Waals surface area contributed by atoms with Crippen molar-refractivity contribution in [3.8, 4) is 17.1 Å². The molecular formula is C21H23N3O3. The van der Waals surface area contributed by atoms with Gasteiger partial charge < -0.3 is 14.2 Å². The van der Waals surface area contributed by atoms with Crippen LogP contribution in [0.2, 0.25) is 0 Å². The fourth-order valence-corrected chi connectivity index (χ4v) is 2.75. The molecule has 0 aliphatic rings. The molecule has 0 saturated heterocycles. The lowest BCUT2D eigenvalue weighted by Crippen LogP contribution is -2.36. The van der Waals surface area contributed by atoms with E-state index in [1.54, 1.807) is 36.3 Å². The van der Waals surface area contributed by atoms with E-state index in [4.69, 9.17) is 9.26 Å². The number of amides is 1. The van der Waals surface area contributed by atoms with Gasteiger partial charge in [0.25, 0.3) is 5.91 Å². The van der Waals surface area contributed by atoms with Crippen LogP contribution >= 0.6 is 0 Å². The summed E-state index contributed by atoms with van der Waals surface area (Å²) in [4.78, 5) is 19.1. The number of nitrogens with zero attached hydrogens (tertiary/aromatic N) is 3. The van der Waals surface area contributed by atoms with Crippen LogP contribution < -0.4 is 4.74 Å². The summed E-state index contributed by atoms with van der Waals surface area (Å²) in [5.74, 6) is 1.54. The van der Waals surface area contributed by atoms with Crippen LogP contribution in [-0.2, 0) is 6.54 Å². The summed E-state index contributed by atoms with van der Waals surface area (Å²) in [5.41, 5.74) is 2.60. The zero-order valence-corrected chi connectivity index (χ0v) is 16.0. The first kappa shape index (κ1) is 18.6. The van der Waals surface area contributed by atoms with Crippen LogP contribution in [0.3, 0.4) is 0 Å². The Morgan fingerprint density at radius 3 is 2.56 bits per heavy atom. The Morgan fingerprint density at radius 1 is 1.19 bits per heavy atom. The topological polar surface area (TPSA) is 68.5 Å². The van der Waals surface area contributed by atoms with Gasteiger partial charge in [0.05, 0.1) is 7.11 Å². The van der Waals surface area contributed by atoms with E-state index in [1.807, 2.05) is 45.0 Å². The van der Waals surface area contributed by atoms with Gasteiger partial charge in [0.1, 0.15) is 12.3 Å². The van der Waals surface area contributed by atoms with Crippen molar-refractivity contribution in [2.45, 2.75) is 33.4 Å². The van der Waals surface area contributed by atoms with Crippen molar-refractivity contribution in [1.82, 2.24) is 15.0 Å². The quantitative estimate of drug-likeness (QED) is 0.658. The Hall–Kier alpha value is -3.15. The fourth-order valence-electron chi connectivity index (χ4n) is 2.75. The van der Waals surface area contributed by atoms with Gasteiger partial charge in [0.2, 0.25) is 11.7 Å². The van der Waals surface area contributed by atoms with E-state index >= 15 is 0 Å². The van der Waals surface area contributed by atoms with Gasteiger partial charge in [-0.25, -0.2) is 0 Å². The Labute approximate surface area is 158 Å². The van der Waals surface area contributed by atoms with Gasteiger partial charge in [-0.1, -0.05) is 28.9 Å². The molecule has 1 heterocycles. The number of carbonyl (C=O) groups is 1. The van der Waals surface area contributed by atoms with Gasteiger partial charge in [-0.2, -0.15) is 4.98 Å². The largest absolute Gasteiger partial charge is 0.497 e. The van der Waals surface area contributed by atoms with Crippen molar-refractivity contribution in [3.63, 3.8) is 0 Å². The van der Waals surface area contributed by atoms with Gasteiger partial charge in [-0.05, 0) is 51.1 Å². The van der Waals surface area contributed by atoms with E-state index in [0.29, 0.717) is 23.0 Å². The molecule has 6 nitrogen and oxygen atoms in total. The van der Waals surface area contributed by atoms with Crippen LogP contribution in [0, 0.1) is 6.92 Å². The summed E-state index contributed by atoms with van der Waals surface area (Å²) < 4.78 is 10.5. The molecule has 0 atom stereocenters. The van der Waals surface area contributed by atoms with E-state index in [1.165, 1.54) is 0 Å². The lowest BCUT2D eigenvalue weighted by molar-refractivity contribution is 0.0667. The molecule has 1 aromatic heterocycles. The number of rotatable bonds is 6. The number of benzene rings is 2. The summed E-state index contributed by atoms with van der Waals surface area (Å²) in [5, 5.41) is 4.05. The summed E-state index contributed by atoms with van der Waals surface area (Å²) in [6.07, 6.45) is 0. The molecule has 3 aromatic rings. The van der Waals surface area contributed by atoms with E-state index in [9.17, 15) is 4.79 Å². The van der Waals surface area contributed by atoms with Gasteiger partial charge >= 0.3 is 0 Å². The predicted molar refractivity (Wildman–Crippen MR) is 102 cm³/mol. The summed E-state index contributed by atoms with van der Waals surface area (Å²) in [7, 11) is 1.60. The molecule has 1 amide bonds. The maximum absolute atomic E-state index is 12.9. The third kappa shape index (κ3) is 4.34. The van der Waals surface area contributed by atoms with Crippen molar-refractivity contribution < 1.29 is 14.1 Å².